The molecule has 2 heterocycles. The Bertz CT molecular complexity index is 867. The van der Waals surface area contributed by atoms with Gasteiger partial charge in [0.1, 0.15) is 12.4 Å². The summed E-state index contributed by atoms with van der Waals surface area (Å²) in [6.07, 6.45) is 4.05. The highest BCUT2D eigenvalue weighted by Crippen LogP contribution is 2.20. The molecule has 4 rings (SSSR count). The highest BCUT2D eigenvalue weighted by Gasteiger charge is 2.15. The third-order valence-electron chi connectivity index (χ3n) is 4.45. The number of nitrogens with zero attached hydrogens (tertiary/aromatic N) is 3. The zero-order valence-electron chi connectivity index (χ0n) is 15.5. The smallest absolute Gasteiger partial charge is 0.249 e. The molecular weight excluding hydrogens is 354 g/mol. The Balaban J connectivity index is 1.30. The van der Waals surface area contributed by atoms with E-state index in [2.05, 4.69) is 25.8 Å². The third-order valence-corrected chi connectivity index (χ3v) is 4.45. The molecule has 2 N–H and O–H groups in total. The summed E-state index contributed by atoms with van der Waals surface area (Å²) >= 11 is 0. The van der Waals surface area contributed by atoms with E-state index < -0.39 is 0 Å². The van der Waals surface area contributed by atoms with Crippen LogP contribution in [0.1, 0.15) is 18.4 Å². The van der Waals surface area contributed by atoms with Crippen molar-refractivity contribution in [3.63, 3.8) is 0 Å². The number of rotatable bonds is 8. The zero-order valence-corrected chi connectivity index (χ0v) is 15.5. The average Bonchev–Trinajstić information content (AvgIpc) is 3.27. The Morgan fingerprint density at radius 2 is 1.93 bits per heavy atom. The van der Waals surface area contributed by atoms with Crippen LogP contribution in [0, 0.1) is 0 Å². The minimum Gasteiger partial charge on any atom is -0.489 e. The summed E-state index contributed by atoms with van der Waals surface area (Å²) in [5, 5.41) is 14.5. The van der Waals surface area contributed by atoms with Gasteiger partial charge in [-0.25, -0.2) is 0 Å². The van der Waals surface area contributed by atoms with E-state index in [0.29, 0.717) is 18.4 Å². The lowest BCUT2D eigenvalue weighted by Gasteiger charge is -2.12. The maximum absolute atomic E-state index is 5.80. The van der Waals surface area contributed by atoms with Gasteiger partial charge in [-0.1, -0.05) is 30.3 Å². The first-order valence-electron chi connectivity index (χ1n) is 9.44. The minimum absolute atomic E-state index is 0.245. The number of ether oxygens (including phenoxy) is 2. The molecule has 1 atom stereocenters. The fraction of sp³-hybridized carbons (Fsp3) is 0.286. The van der Waals surface area contributed by atoms with Gasteiger partial charge in [0, 0.05) is 18.8 Å². The normalized spacial score (nSPS) is 15.9. The van der Waals surface area contributed by atoms with Gasteiger partial charge in [0.05, 0.1) is 12.3 Å². The molecule has 2 aromatic carbocycles. The Morgan fingerprint density at radius 1 is 1.07 bits per heavy atom. The maximum atomic E-state index is 5.80. The maximum Gasteiger partial charge on any atom is 0.249 e. The summed E-state index contributed by atoms with van der Waals surface area (Å²) < 4.78 is 11.4. The Hall–Kier alpha value is -3.19. The standard InChI is InChI=1S/C21H23N5O2/c1-2-5-16(6-3-1)15-28-18-10-8-17(9-11-18)24-21-25-20(14-23-26-21)22-13-19-7-4-12-27-19/h1-3,5-6,8-11,14,19H,4,7,12-13,15H2,(H2,22,24,25,26). The topological polar surface area (TPSA) is 81.2 Å². The molecule has 1 saturated heterocycles. The molecule has 3 aromatic rings. The summed E-state index contributed by atoms with van der Waals surface area (Å²) in [5.41, 5.74) is 2.00. The number of anilines is 3. The number of nitrogens with one attached hydrogen (secondary N) is 2. The van der Waals surface area contributed by atoms with Gasteiger partial charge in [-0.3, -0.25) is 0 Å². The van der Waals surface area contributed by atoms with Crippen molar-refractivity contribution in [2.75, 3.05) is 23.8 Å². The highest BCUT2D eigenvalue weighted by molar-refractivity contribution is 5.55. The van der Waals surface area contributed by atoms with Crippen LogP contribution in [0.15, 0.2) is 60.8 Å². The van der Waals surface area contributed by atoms with E-state index in [1.165, 1.54) is 0 Å². The molecule has 7 nitrogen and oxygen atoms in total. The Labute approximate surface area is 164 Å². The van der Waals surface area contributed by atoms with E-state index in [1.54, 1.807) is 6.20 Å². The van der Waals surface area contributed by atoms with Crippen molar-refractivity contribution in [3.8, 4) is 5.75 Å². The zero-order chi connectivity index (χ0) is 19.0. The molecule has 1 fully saturated rings. The monoisotopic (exact) mass is 377 g/mol. The molecule has 0 radical (unpaired) electrons. The Kier molecular flexibility index (Phi) is 5.94. The van der Waals surface area contributed by atoms with Crippen molar-refractivity contribution in [2.45, 2.75) is 25.6 Å². The fourth-order valence-corrected chi connectivity index (χ4v) is 2.97. The molecule has 1 aromatic heterocycles. The van der Waals surface area contributed by atoms with Crippen molar-refractivity contribution < 1.29 is 9.47 Å². The molecule has 0 bridgehead atoms. The lowest BCUT2D eigenvalue weighted by molar-refractivity contribution is 0.120. The quantitative estimate of drug-likeness (QED) is 0.618. The molecule has 0 saturated carbocycles. The molecule has 0 amide bonds. The molecular formula is C21H23N5O2. The predicted molar refractivity (Wildman–Crippen MR) is 108 cm³/mol. The predicted octanol–water partition coefficient (Wildman–Crippen LogP) is 3.79. The highest BCUT2D eigenvalue weighted by atomic mass is 16.5. The fourth-order valence-electron chi connectivity index (χ4n) is 2.97. The molecule has 144 valence electrons. The van der Waals surface area contributed by atoms with Crippen molar-refractivity contribution in [1.29, 1.82) is 0 Å². The number of aromatic nitrogens is 3. The summed E-state index contributed by atoms with van der Waals surface area (Å²) in [6, 6.07) is 17.8. The largest absolute Gasteiger partial charge is 0.489 e. The lowest BCUT2D eigenvalue weighted by atomic mass is 10.2. The van der Waals surface area contributed by atoms with Crippen LogP contribution in [-0.4, -0.2) is 34.4 Å². The van der Waals surface area contributed by atoms with Crippen molar-refractivity contribution in [2.24, 2.45) is 0 Å². The van der Waals surface area contributed by atoms with Crippen LogP contribution in [0.5, 0.6) is 5.75 Å². The van der Waals surface area contributed by atoms with Crippen molar-refractivity contribution in [3.05, 3.63) is 66.4 Å². The second-order valence-corrected chi connectivity index (χ2v) is 6.60. The summed E-state index contributed by atoms with van der Waals surface area (Å²) in [7, 11) is 0. The molecule has 7 heteroatoms. The van der Waals surface area contributed by atoms with Gasteiger partial charge in [-0.15, -0.1) is 5.10 Å². The minimum atomic E-state index is 0.245. The van der Waals surface area contributed by atoms with Gasteiger partial charge in [-0.05, 0) is 42.7 Å². The molecule has 0 spiro atoms. The number of hydrogen-bond donors (Lipinski definition) is 2. The molecule has 28 heavy (non-hydrogen) atoms. The van der Waals surface area contributed by atoms with Gasteiger partial charge >= 0.3 is 0 Å². The second-order valence-electron chi connectivity index (χ2n) is 6.60. The number of hydrogen-bond acceptors (Lipinski definition) is 7. The first kappa shape index (κ1) is 18.2. The van der Waals surface area contributed by atoms with Gasteiger partial charge in [0.25, 0.3) is 0 Å². The number of benzene rings is 2. The Morgan fingerprint density at radius 3 is 2.71 bits per heavy atom. The van der Waals surface area contributed by atoms with Gasteiger partial charge in [-0.2, -0.15) is 10.1 Å². The van der Waals surface area contributed by atoms with E-state index >= 15 is 0 Å². The van der Waals surface area contributed by atoms with Crippen LogP contribution in [0.2, 0.25) is 0 Å². The van der Waals surface area contributed by atoms with Crippen LogP contribution >= 0.6 is 0 Å². The summed E-state index contributed by atoms with van der Waals surface area (Å²) in [4.78, 5) is 4.44. The van der Waals surface area contributed by atoms with Crippen LogP contribution in [0.3, 0.4) is 0 Å². The van der Waals surface area contributed by atoms with Gasteiger partial charge in [0.15, 0.2) is 5.82 Å². The first-order valence-corrected chi connectivity index (χ1v) is 9.44. The molecule has 1 unspecified atom stereocenters. The van der Waals surface area contributed by atoms with E-state index in [4.69, 9.17) is 9.47 Å². The molecule has 0 aliphatic carbocycles. The SMILES string of the molecule is c1ccc(COc2ccc(Nc3nncc(NCC4CCCO4)n3)cc2)cc1. The lowest BCUT2D eigenvalue weighted by Crippen LogP contribution is -2.19. The third kappa shape index (κ3) is 5.17. The van der Waals surface area contributed by atoms with E-state index in [0.717, 1.165) is 43.0 Å². The van der Waals surface area contributed by atoms with Crippen molar-refractivity contribution in [1.82, 2.24) is 15.2 Å². The summed E-state index contributed by atoms with van der Waals surface area (Å²) in [6.45, 7) is 2.11. The van der Waals surface area contributed by atoms with E-state index in [-0.39, 0.29) is 6.10 Å². The summed E-state index contributed by atoms with van der Waals surface area (Å²) in [5.74, 6) is 1.92. The van der Waals surface area contributed by atoms with Crippen molar-refractivity contribution >= 4 is 17.5 Å². The van der Waals surface area contributed by atoms with Crippen LogP contribution in [-0.2, 0) is 11.3 Å². The van der Waals surface area contributed by atoms with Gasteiger partial charge in [0.2, 0.25) is 5.95 Å². The van der Waals surface area contributed by atoms with Crippen LogP contribution in [0.4, 0.5) is 17.5 Å². The first-order chi connectivity index (χ1) is 13.8. The molecule has 1 aliphatic heterocycles. The van der Waals surface area contributed by atoms with E-state index in [9.17, 15) is 0 Å². The van der Waals surface area contributed by atoms with Gasteiger partial charge < -0.3 is 20.1 Å². The van der Waals surface area contributed by atoms with E-state index in [1.807, 2.05) is 54.6 Å². The van der Waals surface area contributed by atoms with Crippen LogP contribution in [0.25, 0.3) is 0 Å². The average molecular weight is 377 g/mol. The molecule has 1 aliphatic rings. The van der Waals surface area contributed by atoms with Crippen LogP contribution < -0.4 is 15.4 Å². The second kappa shape index (κ2) is 9.14.